The number of Topliss-reactive ketones (excluding diaryl/α,β-unsaturated/α-hetero) is 1. The summed E-state index contributed by atoms with van der Waals surface area (Å²) in [6, 6.07) is 11.9. The van der Waals surface area contributed by atoms with Gasteiger partial charge in [-0.15, -0.1) is 0 Å². The zero-order chi connectivity index (χ0) is 19.6. The molecule has 2 N–H and O–H groups in total. The summed E-state index contributed by atoms with van der Waals surface area (Å²) in [5.41, 5.74) is 1.18. The lowest BCUT2D eigenvalue weighted by Gasteiger charge is -2.14. The summed E-state index contributed by atoms with van der Waals surface area (Å²) in [7, 11) is 2.76. The number of aliphatic hydroxyl groups is 1. The first kappa shape index (κ1) is 18.2. The van der Waals surface area contributed by atoms with Gasteiger partial charge in [-0.3, -0.25) is 9.59 Å². The van der Waals surface area contributed by atoms with Crippen molar-refractivity contribution in [2.45, 2.75) is 6.04 Å². The van der Waals surface area contributed by atoms with E-state index in [0.717, 1.165) is 0 Å². The Morgan fingerprint density at radius 2 is 1.74 bits per heavy atom. The maximum absolute atomic E-state index is 12.3. The standard InChI is InChI=1S/C20H17NO6/c1-26-14-5-3-4-13(10-14)17(22)15-16(21-19(24)18(15)23)11-6-8-12(9-7-11)20(25)27-2/h3-10,16,22H,1-2H3,(H,21,24). The molecule has 1 aliphatic rings. The van der Waals surface area contributed by atoms with Crippen LogP contribution in [0.3, 0.4) is 0 Å². The molecule has 0 radical (unpaired) electrons. The highest BCUT2D eigenvalue weighted by Gasteiger charge is 2.39. The Morgan fingerprint density at radius 3 is 2.37 bits per heavy atom. The second-order valence-corrected chi connectivity index (χ2v) is 5.84. The Balaban J connectivity index is 2.05. The van der Waals surface area contributed by atoms with E-state index >= 15 is 0 Å². The first-order valence-corrected chi connectivity index (χ1v) is 8.07. The van der Waals surface area contributed by atoms with E-state index in [0.29, 0.717) is 22.4 Å². The highest BCUT2D eigenvalue weighted by atomic mass is 16.5. The number of rotatable bonds is 4. The average molecular weight is 367 g/mol. The van der Waals surface area contributed by atoms with Crippen LogP contribution in [0.15, 0.2) is 54.1 Å². The number of hydrogen-bond donors (Lipinski definition) is 2. The van der Waals surface area contributed by atoms with Crippen LogP contribution >= 0.6 is 0 Å². The number of benzene rings is 2. The van der Waals surface area contributed by atoms with Crippen LogP contribution in [-0.4, -0.2) is 37.0 Å². The van der Waals surface area contributed by atoms with E-state index < -0.39 is 23.7 Å². The molecule has 2 aromatic carbocycles. The van der Waals surface area contributed by atoms with Crippen molar-refractivity contribution in [1.29, 1.82) is 0 Å². The van der Waals surface area contributed by atoms with Crippen LogP contribution < -0.4 is 10.1 Å². The highest BCUT2D eigenvalue weighted by molar-refractivity contribution is 6.46. The molecule has 0 bridgehead atoms. The third-order valence-electron chi connectivity index (χ3n) is 4.28. The van der Waals surface area contributed by atoms with Crippen LogP contribution in [0.4, 0.5) is 0 Å². The molecule has 27 heavy (non-hydrogen) atoms. The molecule has 1 atom stereocenters. The van der Waals surface area contributed by atoms with Gasteiger partial charge in [-0.05, 0) is 29.8 Å². The Hall–Kier alpha value is -3.61. The molecular weight excluding hydrogens is 350 g/mol. The van der Waals surface area contributed by atoms with E-state index in [-0.39, 0.29) is 11.3 Å². The van der Waals surface area contributed by atoms with Gasteiger partial charge in [-0.1, -0.05) is 24.3 Å². The van der Waals surface area contributed by atoms with Gasteiger partial charge in [0, 0.05) is 5.56 Å². The number of carbonyl (C=O) groups is 3. The number of nitrogens with one attached hydrogen (secondary N) is 1. The van der Waals surface area contributed by atoms with Gasteiger partial charge in [0.05, 0.1) is 31.4 Å². The van der Waals surface area contributed by atoms with Gasteiger partial charge in [0.2, 0.25) is 0 Å². The predicted molar refractivity (Wildman–Crippen MR) is 96.2 cm³/mol. The molecule has 1 unspecified atom stereocenters. The van der Waals surface area contributed by atoms with Gasteiger partial charge < -0.3 is 19.9 Å². The maximum Gasteiger partial charge on any atom is 0.337 e. The molecule has 7 heteroatoms. The molecule has 1 heterocycles. The van der Waals surface area contributed by atoms with Gasteiger partial charge in [0.25, 0.3) is 11.7 Å². The number of carbonyl (C=O) groups excluding carboxylic acids is 3. The van der Waals surface area contributed by atoms with Crippen LogP contribution in [-0.2, 0) is 14.3 Å². The number of amides is 1. The largest absolute Gasteiger partial charge is 0.507 e. The van der Waals surface area contributed by atoms with E-state index in [4.69, 9.17) is 4.74 Å². The fourth-order valence-corrected chi connectivity index (χ4v) is 2.87. The molecular formula is C20H17NO6. The van der Waals surface area contributed by atoms with E-state index in [1.165, 1.54) is 26.4 Å². The number of hydrogen-bond acceptors (Lipinski definition) is 6. The lowest BCUT2D eigenvalue weighted by Crippen LogP contribution is -2.21. The van der Waals surface area contributed by atoms with Gasteiger partial charge in [0.1, 0.15) is 11.5 Å². The van der Waals surface area contributed by atoms with Gasteiger partial charge in [-0.25, -0.2) is 4.79 Å². The molecule has 0 aliphatic carbocycles. The summed E-state index contributed by atoms with van der Waals surface area (Å²) in [4.78, 5) is 35.8. The highest BCUT2D eigenvalue weighted by Crippen LogP contribution is 2.33. The van der Waals surface area contributed by atoms with Crippen LogP contribution in [0.25, 0.3) is 5.76 Å². The van der Waals surface area contributed by atoms with Crippen LogP contribution in [0.1, 0.15) is 27.5 Å². The normalized spacial score (nSPS) is 18.1. The maximum atomic E-state index is 12.3. The molecule has 0 aromatic heterocycles. The Morgan fingerprint density at radius 1 is 1.04 bits per heavy atom. The van der Waals surface area contributed by atoms with Gasteiger partial charge in [-0.2, -0.15) is 0 Å². The number of ether oxygens (including phenoxy) is 2. The lowest BCUT2D eigenvalue weighted by molar-refractivity contribution is -0.133. The summed E-state index contributed by atoms with van der Waals surface area (Å²) < 4.78 is 9.78. The van der Waals surface area contributed by atoms with Crippen molar-refractivity contribution in [1.82, 2.24) is 5.32 Å². The molecule has 1 amide bonds. The fourth-order valence-electron chi connectivity index (χ4n) is 2.87. The molecule has 0 saturated carbocycles. The summed E-state index contributed by atoms with van der Waals surface area (Å²) in [6.45, 7) is 0. The zero-order valence-corrected chi connectivity index (χ0v) is 14.7. The fraction of sp³-hybridized carbons (Fsp3) is 0.150. The molecule has 3 rings (SSSR count). The third-order valence-corrected chi connectivity index (χ3v) is 4.28. The SMILES string of the molecule is COC(=O)c1ccc(C2NC(=O)C(=O)C2=C(O)c2cccc(OC)c2)cc1. The second-order valence-electron chi connectivity index (χ2n) is 5.84. The average Bonchev–Trinajstić information content (AvgIpc) is 3.01. The summed E-state index contributed by atoms with van der Waals surface area (Å²) in [5, 5.41) is 13.2. The van der Waals surface area contributed by atoms with Crippen molar-refractivity contribution < 1.29 is 29.0 Å². The topological polar surface area (TPSA) is 102 Å². The number of esters is 1. The molecule has 2 aromatic rings. The Bertz CT molecular complexity index is 945. The summed E-state index contributed by atoms with van der Waals surface area (Å²) >= 11 is 0. The number of methoxy groups -OCH3 is 2. The van der Waals surface area contributed by atoms with Crippen LogP contribution in [0.5, 0.6) is 5.75 Å². The monoisotopic (exact) mass is 367 g/mol. The minimum Gasteiger partial charge on any atom is -0.507 e. The van der Waals surface area contributed by atoms with E-state index in [9.17, 15) is 19.5 Å². The molecule has 7 nitrogen and oxygen atoms in total. The van der Waals surface area contributed by atoms with Crippen molar-refractivity contribution in [2.75, 3.05) is 14.2 Å². The molecule has 1 fully saturated rings. The van der Waals surface area contributed by atoms with Crippen molar-refractivity contribution >= 4 is 23.4 Å². The van der Waals surface area contributed by atoms with Crippen molar-refractivity contribution in [3.05, 3.63) is 70.8 Å². The van der Waals surface area contributed by atoms with Crippen LogP contribution in [0.2, 0.25) is 0 Å². The third kappa shape index (κ3) is 3.39. The first-order valence-electron chi connectivity index (χ1n) is 8.07. The zero-order valence-electron chi connectivity index (χ0n) is 14.7. The van der Waals surface area contributed by atoms with Crippen molar-refractivity contribution in [2.24, 2.45) is 0 Å². The van der Waals surface area contributed by atoms with E-state index in [1.807, 2.05) is 0 Å². The quantitative estimate of drug-likeness (QED) is 0.372. The smallest absolute Gasteiger partial charge is 0.337 e. The number of ketones is 1. The first-order chi connectivity index (χ1) is 13.0. The summed E-state index contributed by atoms with van der Waals surface area (Å²) in [5.74, 6) is -1.91. The Labute approximate surface area is 155 Å². The second kappa shape index (κ2) is 7.33. The molecule has 1 aliphatic heterocycles. The molecule has 138 valence electrons. The Kier molecular flexibility index (Phi) is 4.94. The van der Waals surface area contributed by atoms with Crippen molar-refractivity contribution in [3.63, 3.8) is 0 Å². The number of aliphatic hydroxyl groups excluding tert-OH is 1. The molecule has 0 spiro atoms. The van der Waals surface area contributed by atoms with Gasteiger partial charge >= 0.3 is 5.97 Å². The predicted octanol–water partition coefficient (Wildman–Crippen LogP) is 2.19. The summed E-state index contributed by atoms with van der Waals surface area (Å²) in [6.07, 6.45) is 0. The van der Waals surface area contributed by atoms with E-state index in [2.05, 4.69) is 10.1 Å². The van der Waals surface area contributed by atoms with Crippen LogP contribution in [0, 0.1) is 0 Å². The lowest BCUT2D eigenvalue weighted by atomic mass is 9.95. The van der Waals surface area contributed by atoms with E-state index in [1.54, 1.807) is 36.4 Å². The minimum atomic E-state index is -0.831. The van der Waals surface area contributed by atoms with Crippen molar-refractivity contribution in [3.8, 4) is 5.75 Å². The molecule has 1 saturated heterocycles. The minimum absolute atomic E-state index is 0.0564. The van der Waals surface area contributed by atoms with Gasteiger partial charge in [0.15, 0.2) is 0 Å².